The molecule has 1 N–H and O–H groups in total. The first-order chi connectivity index (χ1) is 14.1. The van der Waals surface area contributed by atoms with Crippen molar-refractivity contribution in [3.8, 4) is 5.75 Å². The monoisotopic (exact) mass is 452 g/mol. The Bertz CT molecular complexity index is 1130. The molecule has 0 radical (unpaired) electrons. The van der Waals surface area contributed by atoms with Gasteiger partial charge in [-0.3, -0.25) is 4.72 Å². The first-order valence-electron chi connectivity index (χ1n) is 9.94. The Kier molecular flexibility index (Phi) is 6.45. The molecule has 0 amide bonds. The van der Waals surface area contributed by atoms with Gasteiger partial charge in [-0.15, -0.1) is 0 Å². The summed E-state index contributed by atoms with van der Waals surface area (Å²) in [6.45, 7) is 8.34. The van der Waals surface area contributed by atoms with Gasteiger partial charge >= 0.3 is 0 Å². The van der Waals surface area contributed by atoms with E-state index < -0.39 is 20.0 Å². The highest BCUT2D eigenvalue weighted by Gasteiger charge is 2.26. The molecule has 9 heteroatoms. The number of benzene rings is 2. The summed E-state index contributed by atoms with van der Waals surface area (Å²) >= 11 is 0. The molecule has 0 unspecified atom stereocenters. The summed E-state index contributed by atoms with van der Waals surface area (Å²) < 4.78 is 60.0. The van der Waals surface area contributed by atoms with Crippen LogP contribution in [0.1, 0.15) is 36.1 Å². The van der Waals surface area contributed by atoms with E-state index in [0.29, 0.717) is 31.0 Å². The Morgan fingerprint density at radius 2 is 1.67 bits per heavy atom. The Hall–Kier alpha value is -2.10. The van der Waals surface area contributed by atoms with Crippen molar-refractivity contribution in [2.75, 3.05) is 23.6 Å². The van der Waals surface area contributed by atoms with Gasteiger partial charge in [0.15, 0.2) is 0 Å². The van der Waals surface area contributed by atoms with Gasteiger partial charge < -0.3 is 4.74 Å². The highest BCUT2D eigenvalue weighted by molar-refractivity contribution is 7.92. The molecule has 164 valence electrons. The van der Waals surface area contributed by atoms with E-state index in [4.69, 9.17) is 4.74 Å². The maximum Gasteiger partial charge on any atom is 0.261 e. The Balaban J connectivity index is 1.87. The van der Waals surface area contributed by atoms with Crippen LogP contribution in [-0.4, -0.2) is 40.0 Å². The Morgan fingerprint density at radius 3 is 2.27 bits per heavy atom. The van der Waals surface area contributed by atoms with E-state index in [-0.39, 0.29) is 17.2 Å². The van der Waals surface area contributed by atoms with Crippen molar-refractivity contribution in [3.63, 3.8) is 0 Å². The summed E-state index contributed by atoms with van der Waals surface area (Å²) in [4.78, 5) is 0.161. The predicted molar refractivity (Wildman–Crippen MR) is 118 cm³/mol. The first-order valence-corrected chi connectivity index (χ1v) is 13.0. The van der Waals surface area contributed by atoms with Crippen molar-refractivity contribution in [2.24, 2.45) is 0 Å². The second-order valence-electron chi connectivity index (χ2n) is 7.39. The van der Waals surface area contributed by atoms with Crippen molar-refractivity contribution in [3.05, 3.63) is 52.6 Å². The number of hydrogen-bond acceptors (Lipinski definition) is 5. The molecule has 3 rings (SSSR count). The molecular formula is C21H28N2O5S2. The zero-order valence-corrected chi connectivity index (χ0v) is 19.4. The smallest absolute Gasteiger partial charge is 0.261 e. The number of sulfonamides is 2. The molecule has 0 fully saturated rings. The van der Waals surface area contributed by atoms with Gasteiger partial charge in [0.2, 0.25) is 10.0 Å². The number of hydrogen-bond donors (Lipinski definition) is 1. The normalized spacial score (nSPS) is 14.9. The first kappa shape index (κ1) is 22.6. The van der Waals surface area contributed by atoms with E-state index in [0.717, 1.165) is 22.3 Å². The van der Waals surface area contributed by atoms with E-state index in [1.807, 2.05) is 26.8 Å². The second kappa shape index (κ2) is 8.56. The number of nitrogens with zero attached hydrogens (tertiary/aromatic N) is 1. The van der Waals surface area contributed by atoms with Gasteiger partial charge in [-0.25, -0.2) is 16.8 Å². The molecule has 1 heterocycles. The predicted octanol–water partition coefficient (Wildman–Crippen LogP) is 3.21. The largest absolute Gasteiger partial charge is 0.493 e. The summed E-state index contributed by atoms with van der Waals surface area (Å²) in [6.07, 6.45) is 0.610. The third kappa shape index (κ3) is 4.63. The zero-order valence-electron chi connectivity index (χ0n) is 17.7. The van der Waals surface area contributed by atoms with Crippen molar-refractivity contribution >= 4 is 25.7 Å². The fourth-order valence-corrected chi connectivity index (χ4v) is 5.96. The minimum atomic E-state index is -3.80. The van der Waals surface area contributed by atoms with E-state index >= 15 is 0 Å². The van der Waals surface area contributed by atoms with E-state index in [1.165, 1.54) is 4.31 Å². The molecule has 0 aliphatic carbocycles. The van der Waals surface area contributed by atoms with Crippen LogP contribution in [0.2, 0.25) is 0 Å². The average molecular weight is 453 g/mol. The van der Waals surface area contributed by atoms with Crippen LogP contribution >= 0.6 is 0 Å². The summed E-state index contributed by atoms with van der Waals surface area (Å²) in [5.41, 5.74) is 3.77. The van der Waals surface area contributed by atoms with Crippen LogP contribution in [0.25, 0.3) is 0 Å². The van der Waals surface area contributed by atoms with Gasteiger partial charge in [0.1, 0.15) is 5.75 Å². The maximum absolute atomic E-state index is 13.0. The maximum atomic E-state index is 13.0. The molecule has 0 atom stereocenters. The van der Waals surface area contributed by atoms with Crippen LogP contribution in [0, 0.1) is 13.8 Å². The summed E-state index contributed by atoms with van der Waals surface area (Å²) in [6, 6.07) is 8.48. The van der Waals surface area contributed by atoms with Crippen molar-refractivity contribution in [1.82, 2.24) is 4.31 Å². The Morgan fingerprint density at radius 1 is 1.00 bits per heavy atom. The topological polar surface area (TPSA) is 92.8 Å². The third-order valence-electron chi connectivity index (χ3n) is 5.23. The van der Waals surface area contributed by atoms with Crippen molar-refractivity contribution in [2.45, 2.75) is 45.6 Å². The molecule has 30 heavy (non-hydrogen) atoms. The van der Waals surface area contributed by atoms with Gasteiger partial charge in [-0.1, -0.05) is 6.07 Å². The SMILES string of the molecule is CCOc1c(C)cc(S(=O)(=O)Nc2ccc3c(c2)CN(S(=O)(=O)CC)CC3)cc1C. The van der Waals surface area contributed by atoms with Crippen LogP contribution in [-0.2, 0) is 33.0 Å². The standard InChI is InChI=1S/C21H28N2O5S2/c1-5-28-21-15(3)11-20(12-16(21)4)30(26,27)22-19-8-7-17-9-10-23(14-18(17)13-19)29(24,25)6-2/h7-8,11-13,22H,5-6,9-10,14H2,1-4H3. The van der Waals surface area contributed by atoms with Crippen LogP contribution < -0.4 is 9.46 Å². The van der Waals surface area contributed by atoms with Crippen LogP contribution in [0.15, 0.2) is 35.2 Å². The molecule has 1 aliphatic rings. The molecule has 0 spiro atoms. The molecule has 0 bridgehead atoms. The molecule has 0 saturated carbocycles. The molecule has 1 aliphatic heterocycles. The van der Waals surface area contributed by atoms with Gasteiger partial charge in [0.25, 0.3) is 10.0 Å². The number of ether oxygens (including phenoxy) is 1. The minimum Gasteiger partial charge on any atom is -0.493 e. The fraction of sp³-hybridized carbons (Fsp3) is 0.429. The van der Waals surface area contributed by atoms with Gasteiger partial charge in [0.05, 0.1) is 17.3 Å². The molecule has 0 aromatic heterocycles. The molecule has 2 aromatic carbocycles. The number of anilines is 1. The van der Waals surface area contributed by atoms with Crippen LogP contribution in [0.4, 0.5) is 5.69 Å². The number of nitrogens with one attached hydrogen (secondary N) is 1. The lowest BCUT2D eigenvalue weighted by atomic mass is 10.0. The lowest BCUT2D eigenvalue weighted by molar-refractivity contribution is 0.335. The lowest BCUT2D eigenvalue weighted by Crippen LogP contribution is -2.36. The number of aryl methyl sites for hydroxylation is 2. The van der Waals surface area contributed by atoms with E-state index in [2.05, 4.69) is 4.72 Å². The molecule has 7 nitrogen and oxygen atoms in total. The van der Waals surface area contributed by atoms with Crippen molar-refractivity contribution in [1.29, 1.82) is 0 Å². The Labute approximate surface area is 179 Å². The van der Waals surface area contributed by atoms with Crippen molar-refractivity contribution < 1.29 is 21.6 Å². The zero-order chi connectivity index (χ0) is 22.1. The minimum absolute atomic E-state index is 0.0467. The molecular weight excluding hydrogens is 424 g/mol. The highest BCUT2D eigenvalue weighted by atomic mass is 32.2. The van der Waals surface area contributed by atoms with Gasteiger partial charge in [-0.05, 0) is 80.6 Å². The van der Waals surface area contributed by atoms with E-state index in [9.17, 15) is 16.8 Å². The van der Waals surface area contributed by atoms with Crippen LogP contribution in [0.5, 0.6) is 5.75 Å². The third-order valence-corrected chi connectivity index (χ3v) is 8.42. The van der Waals surface area contributed by atoms with Gasteiger partial charge in [0, 0.05) is 18.8 Å². The molecule has 0 saturated heterocycles. The summed E-state index contributed by atoms with van der Waals surface area (Å²) in [5, 5.41) is 0. The highest BCUT2D eigenvalue weighted by Crippen LogP contribution is 2.29. The number of fused-ring (bicyclic) bond motifs is 1. The summed E-state index contributed by atoms with van der Waals surface area (Å²) in [5.74, 6) is 0.743. The quantitative estimate of drug-likeness (QED) is 0.696. The molecule has 2 aromatic rings. The van der Waals surface area contributed by atoms with Crippen LogP contribution in [0.3, 0.4) is 0 Å². The summed E-state index contributed by atoms with van der Waals surface area (Å²) in [7, 11) is -7.09. The lowest BCUT2D eigenvalue weighted by Gasteiger charge is -2.28. The van der Waals surface area contributed by atoms with Gasteiger partial charge in [-0.2, -0.15) is 4.31 Å². The fourth-order valence-electron chi connectivity index (χ4n) is 3.67. The average Bonchev–Trinajstić information content (AvgIpc) is 2.69. The second-order valence-corrected chi connectivity index (χ2v) is 11.3. The van der Waals surface area contributed by atoms with E-state index in [1.54, 1.807) is 31.2 Å². The number of rotatable bonds is 7.